The zero-order valence-corrected chi connectivity index (χ0v) is 12.0. The molecule has 0 radical (unpaired) electrons. The van der Waals surface area contributed by atoms with E-state index in [1.54, 1.807) is 0 Å². The summed E-state index contributed by atoms with van der Waals surface area (Å²) in [4.78, 5) is 22.7. The van der Waals surface area contributed by atoms with Crippen LogP contribution in [-0.4, -0.2) is 91.5 Å². The third-order valence-electron chi connectivity index (χ3n) is 2.95. The second-order valence-electron chi connectivity index (χ2n) is 4.78. The molecular weight excluding hydrogens is 308 g/mol. The topological polar surface area (TPSA) is 145 Å². The molecule has 0 amide bonds. The number of carbonyl (C=O) groups is 2. The molecular formula is C13H26MgO8. The van der Waals surface area contributed by atoms with Crippen LogP contribution in [0.25, 0.3) is 0 Å². The van der Waals surface area contributed by atoms with E-state index >= 15 is 0 Å². The Morgan fingerprint density at radius 3 is 2.09 bits per heavy atom. The molecule has 128 valence electrons. The van der Waals surface area contributed by atoms with Crippen molar-refractivity contribution in [3.63, 3.8) is 0 Å². The van der Waals surface area contributed by atoms with Crippen molar-refractivity contribution < 1.29 is 39.9 Å². The quantitative estimate of drug-likeness (QED) is 0.128. The first-order chi connectivity index (χ1) is 9.84. The summed E-state index contributed by atoms with van der Waals surface area (Å²) < 4.78 is 4.33. The van der Waals surface area contributed by atoms with Gasteiger partial charge in [-0.05, 0) is 6.42 Å². The summed E-state index contributed by atoms with van der Waals surface area (Å²) in [5.41, 5.74) is 0. The first-order valence-electron chi connectivity index (χ1n) is 6.92. The number of hydrogen-bond donors (Lipinski definition) is 5. The van der Waals surface area contributed by atoms with Gasteiger partial charge >= 0.3 is 35.0 Å². The highest BCUT2D eigenvalue weighted by molar-refractivity contribution is 5.88. The number of esters is 2. The van der Waals surface area contributed by atoms with Crippen LogP contribution in [0.4, 0.5) is 0 Å². The maximum Gasteiger partial charge on any atom is 0.345 e. The highest BCUT2D eigenvalue weighted by atomic mass is 24.3. The maximum atomic E-state index is 11.4. The van der Waals surface area contributed by atoms with Crippen LogP contribution in [0.5, 0.6) is 0 Å². The van der Waals surface area contributed by atoms with E-state index in [0.29, 0.717) is 6.42 Å². The van der Waals surface area contributed by atoms with Crippen molar-refractivity contribution in [2.24, 2.45) is 0 Å². The van der Waals surface area contributed by atoms with Crippen molar-refractivity contribution in [3.05, 3.63) is 0 Å². The Morgan fingerprint density at radius 1 is 1.00 bits per heavy atom. The van der Waals surface area contributed by atoms with Gasteiger partial charge in [-0.25, -0.2) is 4.79 Å². The highest BCUT2D eigenvalue weighted by Gasteiger charge is 2.35. The second-order valence-corrected chi connectivity index (χ2v) is 4.78. The number of carbonyl (C=O) groups excluding carboxylic acids is 2. The van der Waals surface area contributed by atoms with E-state index in [0.717, 1.165) is 19.3 Å². The molecule has 0 aliphatic carbocycles. The Kier molecular flexibility index (Phi) is 14.4. The van der Waals surface area contributed by atoms with Gasteiger partial charge in [0.15, 0.2) is 6.10 Å². The van der Waals surface area contributed by atoms with Gasteiger partial charge in [0, 0.05) is 6.42 Å². The first kappa shape index (κ1) is 24.0. The summed E-state index contributed by atoms with van der Waals surface area (Å²) in [6, 6.07) is 0. The van der Waals surface area contributed by atoms with Gasteiger partial charge in [0.05, 0.1) is 6.61 Å². The average Bonchev–Trinajstić information content (AvgIpc) is 2.48. The second kappa shape index (κ2) is 13.2. The minimum Gasteiger partial charge on any atom is -0.394 e. The zero-order valence-electron chi connectivity index (χ0n) is 12.0. The van der Waals surface area contributed by atoms with E-state index in [9.17, 15) is 24.9 Å². The van der Waals surface area contributed by atoms with Crippen molar-refractivity contribution in [2.45, 2.75) is 63.4 Å². The van der Waals surface area contributed by atoms with Gasteiger partial charge in [0.25, 0.3) is 0 Å². The zero-order chi connectivity index (χ0) is 16.4. The van der Waals surface area contributed by atoms with Crippen LogP contribution in [0, 0.1) is 0 Å². The Morgan fingerprint density at radius 2 is 1.59 bits per heavy atom. The first-order valence-corrected chi connectivity index (χ1v) is 6.92. The van der Waals surface area contributed by atoms with Crippen LogP contribution in [0.1, 0.15) is 39.0 Å². The molecule has 0 aliphatic rings. The van der Waals surface area contributed by atoms with Gasteiger partial charge in [-0.1, -0.05) is 26.2 Å². The summed E-state index contributed by atoms with van der Waals surface area (Å²) in [5.74, 6) is -2.24. The SMILES string of the molecule is CCCCCCC(=O)OC(=O)[C@H](O)[C@@H](O)[C@H](O)[C@H](O)CO.[MgH2]. The molecule has 0 aromatic heterocycles. The van der Waals surface area contributed by atoms with Crippen LogP contribution < -0.4 is 0 Å². The molecule has 0 saturated carbocycles. The smallest absolute Gasteiger partial charge is 0.345 e. The largest absolute Gasteiger partial charge is 0.394 e. The molecule has 0 aromatic rings. The molecule has 0 unspecified atom stereocenters. The third-order valence-corrected chi connectivity index (χ3v) is 2.95. The molecule has 0 bridgehead atoms. The summed E-state index contributed by atoms with van der Waals surface area (Å²) in [7, 11) is 0. The Balaban J connectivity index is 0. The van der Waals surface area contributed by atoms with Crippen LogP contribution in [-0.2, 0) is 14.3 Å². The summed E-state index contributed by atoms with van der Waals surface area (Å²) in [5, 5.41) is 45.9. The van der Waals surface area contributed by atoms with Gasteiger partial charge in [-0.2, -0.15) is 0 Å². The van der Waals surface area contributed by atoms with Crippen molar-refractivity contribution in [1.82, 2.24) is 0 Å². The lowest BCUT2D eigenvalue weighted by Crippen LogP contribution is -2.49. The van der Waals surface area contributed by atoms with Crippen LogP contribution in [0.3, 0.4) is 0 Å². The molecule has 0 spiro atoms. The fraction of sp³-hybridized carbons (Fsp3) is 0.846. The molecule has 9 heteroatoms. The number of aliphatic hydroxyl groups is 5. The Labute approximate surface area is 145 Å². The van der Waals surface area contributed by atoms with Crippen LogP contribution in [0.2, 0.25) is 0 Å². The van der Waals surface area contributed by atoms with Gasteiger partial charge in [0.1, 0.15) is 18.3 Å². The standard InChI is InChI=1S/C13H24O8.Mg.2H/c1-2-3-4-5-6-9(16)21-13(20)12(19)11(18)10(17)8(15)7-14;;;/h8,10-12,14-15,17-19H,2-7H2,1H3;;;/t8-,10-,11+,12-;;;/m1.../s1. The van der Waals surface area contributed by atoms with Crippen molar-refractivity contribution in [3.8, 4) is 0 Å². The summed E-state index contributed by atoms with van der Waals surface area (Å²) in [6.45, 7) is 1.14. The van der Waals surface area contributed by atoms with Gasteiger partial charge in [-0.15, -0.1) is 0 Å². The van der Waals surface area contributed by atoms with Gasteiger partial charge < -0.3 is 30.3 Å². The van der Waals surface area contributed by atoms with Gasteiger partial charge in [0.2, 0.25) is 0 Å². The predicted octanol–water partition coefficient (Wildman–Crippen LogP) is -2.45. The minimum atomic E-state index is -2.19. The molecule has 0 aromatic carbocycles. The third kappa shape index (κ3) is 8.98. The van der Waals surface area contributed by atoms with E-state index < -0.39 is 43.0 Å². The molecule has 0 rings (SSSR count). The Bertz CT molecular complexity index is 325. The van der Waals surface area contributed by atoms with E-state index in [4.69, 9.17) is 10.2 Å². The van der Waals surface area contributed by atoms with Gasteiger partial charge in [-0.3, -0.25) is 4.79 Å². The molecule has 0 saturated heterocycles. The molecule has 0 aliphatic heterocycles. The number of unbranched alkanes of at least 4 members (excludes halogenated alkanes) is 3. The molecule has 8 nitrogen and oxygen atoms in total. The highest BCUT2D eigenvalue weighted by Crippen LogP contribution is 2.08. The number of aliphatic hydroxyl groups excluding tert-OH is 5. The molecule has 0 fully saturated rings. The number of hydrogen-bond acceptors (Lipinski definition) is 8. The summed E-state index contributed by atoms with van der Waals surface area (Å²) in [6.07, 6.45) is -4.64. The minimum absolute atomic E-state index is 0. The number of rotatable bonds is 10. The molecule has 22 heavy (non-hydrogen) atoms. The van der Waals surface area contributed by atoms with E-state index in [-0.39, 0.29) is 29.5 Å². The Hall–Kier alpha value is -0.294. The van der Waals surface area contributed by atoms with Crippen molar-refractivity contribution in [1.29, 1.82) is 0 Å². The fourth-order valence-electron chi connectivity index (χ4n) is 1.58. The molecule has 4 atom stereocenters. The number of ether oxygens (including phenoxy) is 1. The lowest BCUT2D eigenvalue weighted by Gasteiger charge is -2.24. The van der Waals surface area contributed by atoms with Crippen molar-refractivity contribution >= 4 is 35.0 Å². The van der Waals surface area contributed by atoms with E-state index in [2.05, 4.69) is 4.74 Å². The monoisotopic (exact) mass is 334 g/mol. The average molecular weight is 335 g/mol. The van der Waals surface area contributed by atoms with E-state index in [1.165, 1.54) is 0 Å². The van der Waals surface area contributed by atoms with Crippen molar-refractivity contribution in [2.75, 3.05) is 6.61 Å². The fourth-order valence-corrected chi connectivity index (χ4v) is 1.58. The summed E-state index contributed by atoms with van der Waals surface area (Å²) >= 11 is 0. The molecule has 0 heterocycles. The van der Waals surface area contributed by atoms with E-state index in [1.807, 2.05) is 6.92 Å². The lowest BCUT2D eigenvalue weighted by atomic mass is 10.0. The normalized spacial score (nSPS) is 16.1. The predicted molar refractivity (Wildman–Crippen MR) is 79.5 cm³/mol. The lowest BCUT2D eigenvalue weighted by molar-refractivity contribution is -0.176. The maximum absolute atomic E-state index is 11.4. The molecule has 5 N–H and O–H groups in total. The van der Waals surface area contributed by atoms with Crippen LogP contribution >= 0.6 is 0 Å². The van der Waals surface area contributed by atoms with Crippen LogP contribution in [0.15, 0.2) is 0 Å².